The van der Waals surface area contributed by atoms with Gasteiger partial charge in [-0.05, 0) is 32.4 Å². The van der Waals surface area contributed by atoms with E-state index in [2.05, 4.69) is 11.9 Å². The average Bonchev–Trinajstić information content (AvgIpc) is 2.64. The van der Waals surface area contributed by atoms with Gasteiger partial charge in [-0.2, -0.15) is 0 Å². The Labute approximate surface area is 102 Å². The molecule has 0 aromatic carbocycles. The van der Waals surface area contributed by atoms with E-state index in [4.69, 9.17) is 14.6 Å². The van der Waals surface area contributed by atoms with Crippen molar-refractivity contribution in [3.63, 3.8) is 0 Å². The van der Waals surface area contributed by atoms with E-state index < -0.39 is 5.97 Å². The summed E-state index contributed by atoms with van der Waals surface area (Å²) in [5.41, 5.74) is 0. The summed E-state index contributed by atoms with van der Waals surface area (Å²) >= 11 is 0. The van der Waals surface area contributed by atoms with Crippen molar-refractivity contribution in [2.75, 3.05) is 26.7 Å². The van der Waals surface area contributed by atoms with Crippen LogP contribution in [-0.4, -0.2) is 55.1 Å². The molecule has 2 heterocycles. The van der Waals surface area contributed by atoms with E-state index >= 15 is 0 Å². The maximum absolute atomic E-state index is 10.6. The van der Waals surface area contributed by atoms with Crippen molar-refractivity contribution in [1.82, 2.24) is 4.90 Å². The van der Waals surface area contributed by atoms with Crippen molar-refractivity contribution in [2.45, 2.75) is 38.1 Å². The van der Waals surface area contributed by atoms with Crippen LogP contribution < -0.4 is 0 Å². The Morgan fingerprint density at radius 3 is 3.06 bits per heavy atom. The van der Waals surface area contributed by atoms with Crippen LogP contribution in [0, 0.1) is 5.92 Å². The van der Waals surface area contributed by atoms with Crippen molar-refractivity contribution >= 4 is 5.97 Å². The number of rotatable bonds is 4. The lowest BCUT2D eigenvalue weighted by Gasteiger charge is -2.30. The standard InChI is InChI=1S/C12H21NO4/c1-13-4-2-3-9(7-13)5-12-16-8-10(17-12)6-11(14)15/h9-10,12H,2-8H2,1H3,(H,14,15). The van der Waals surface area contributed by atoms with Gasteiger partial charge >= 0.3 is 5.97 Å². The number of carbonyl (C=O) groups is 1. The lowest BCUT2D eigenvalue weighted by molar-refractivity contribution is -0.140. The van der Waals surface area contributed by atoms with Gasteiger partial charge in [-0.3, -0.25) is 4.79 Å². The molecular weight excluding hydrogens is 222 g/mol. The molecule has 98 valence electrons. The molecule has 2 saturated heterocycles. The molecule has 2 rings (SSSR count). The Bertz CT molecular complexity index is 271. The maximum Gasteiger partial charge on any atom is 0.306 e. The van der Waals surface area contributed by atoms with Crippen molar-refractivity contribution in [3.05, 3.63) is 0 Å². The van der Waals surface area contributed by atoms with Gasteiger partial charge in [0.15, 0.2) is 6.29 Å². The van der Waals surface area contributed by atoms with Gasteiger partial charge in [0, 0.05) is 13.0 Å². The van der Waals surface area contributed by atoms with Crippen LogP contribution in [0.4, 0.5) is 0 Å². The topological polar surface area (TPSA) is 59.0 Å². The molecule has 0 radical (unpaired) electrons. The van der Waals surface area contributed by atoms with Crippen LogP contribution in [0.5, 0.6) is 0 Å². The molecule has 2 fully saturated rings. The predicted octanol–water partition coefficient (Wildman–Crippen LogP) is 0.934. The highest BCUT2D eigenvalue weighted by atomic mass is 16.7. The lowest BCUT2D eigenvalue weighted by Crippen LogP contribution is -2.34. The van der Waals surface area contributed by atoms with E-state index in [1.807, 2.05) is 0 Å². The third-order valence-electron chi connectivity index (χ3n) is 3.46. The van der Waals surface area contributed by atoms with Gasteiger partial charge in [-0.1, -0.05) is 0 Å². The highest BCUT2D eigenvalue weighted by Gasteiger charge is 2.30. The molecule has 0 bridgehead atoms. The molecule has 3 atom stereocenters. The number of ether oxygens (including phenoxy) is 2. The normalized spacial score (nSPS) is 35.0. The van der Waals surface area contributed by atoms with Crippen LogP contribution in [0.1, 0.15) is 25.7 Å². The Kier molecular flexibility index (Phi) is 4.36. The molecule has 0 aromatic heterocycles. The molecule has 0 aromatic rings. The molecule has 0 spiro atoms. The second kappa shape index (κ2) is 5.80. The lowest BCUT2D eigenvalue weighted by atomic mass is 9.95. The van der Waals surface area contributed by atoms with E-state index in [-0.39, 0.29) is 18.8 Å². The number of aliphatic carboxylic acids is 1. The molecule has 0 amide bonds. The van der Waals surface area contributed by atoms with Gasteiger partial charge in [0.25, 0.3) is 0 Å². The molecule has 2 aliphatic rings. The quantitative estimate of drug-likeness (QED) is 0.796. The number of hydrogen-bond acceptors (Lipinski definition) is 4. The molecule has 5 heteroatoms. The molecule has 3 unspecified atom stereocenters. The fourth-order valence-electron chi connectivity index (χ4n) is 2.67. The minimum absolute atomic E-state index is 0.0427. The summed E-state index contributed by atoms with van der Waals surface area (Å²) in [6, 6.07) is 0. The van der Waals surface area contributed by atoms with Gasteiger partial charge in [0.1, 0.15) is 0 Å². The van der Waals surface area contributed by atoms with Crippen LogP contribution in [0.25, 0.3) is 0 Å². The Morgan fingerprint density at radius 2 is 2.35 bits per heavy atom. The van der Waals surface area contributed by atoms with Gasteiger partial charge in [-0.25, -0.2) is 0 Å². The highest BCUT2D eigenvalue weighted by molar-refractivity contribution is 5.67. The van der Waals surface area contributed by atoms with E-state index in [1.165, 1.54) is 19.4 Å². The first-order chi connectivity index (χ1) is 8.13. The van der Waals surface area contributed by atoms with E-state index in [0.29, 0.717) is 12.5 Å². The van der Waals surface area contributed by atoms with E-state index in [9.17, 15) is 4.79 Å². The number of likely N-dealkylation sites (tertiary alicyclic amines) is 1. The zero-order chi connectivity index (χ0) is 12.3. The van der Waals surface area contributed by atoms with Crippen molar-refractivity contribution in [3.8, 4) is 0 Å². The van der Waals surface area contributed by atoms with Gasteiger partial charge in [0.05, 0.1) is 19.1 Å². The second-order valence-corrected chi connectivity index (χ2v) is 5.13. The third-order valence-corrected chi connectivity index (χ3v) is 3.46. The van der Waals surface area contributed by atoms with Gasteiger partial charge < -0.3 is 19.5 Å². The molecular formula is C12H21NO4. The molecule has 2 aliphatic heterocycles. The van der Waals surface area contributed by atoms with Crippen LogP contribution in [0.15, 0.2) is 0 Å². The van der Waals surface area contributed by atoms with Crippen LogP contribution in [0.2, 0.25) is 0 Å². The fourth-order valence-corrected chi connectivity index (χ4v) is 2.67. The number of carboxylic acid groups (broad SMARTS) is 1. The number of carboxylic acids is 1. The summed E-state index contributed by atoms with van der Waals surface area (Å²) in [6.07, 6.45) is 2.92. The average molecular weight is 243 g/mol. The SMILES string of the molecule is CN1CCCC(CC2OCC(CC(=O)O)O2)C1. The smallest absolute Gasteiger partial charge is 0.306 e. The molecule has 5 nitrogen and oxygen atoms in total. The molecule has 1 N–H and O–H groups in total. The van der Waals surface area contributed by atoms with Crippen molar-refractivity contribution < 1.29 is 19.4 Å². The van der Waals surface area contributed by atoms with E-state index in [0.717, 1.165) is 13.0 Å². The van der Waals surface area contributed by atoms with Crippen molar-refractivity contribution in [2.24, 2.45) is 5.92 Å². The number of nitrogens with zero attached hydrogens (tertiary/aromatic N) is 1. The zero-order valence-electron chi connectivity index (χ0n) is 10.3. The Hall–Kier alpha value is -0.650. The summed E-state index contributed by atoms with van der Waals surface area (Å²) in [4.78, 5) is 12.9. The third kappa shape index (κ3) is 3.94. The number of hydrogen-bond donors (Lipinski definition) is 1. The minimum Gasteiger partial charge on any atom is -0.481 e. The predicted molar refractivity (Wildman–Crippen MR) is 61.7 cm³/mol. The molecule has 0 aliphatic carbocycles. The van der Waals surface area contributed by atoms with Gasteiger partial charge in [-0.15, -0.1) is 0 Å². The minimum atomic E-state index is -0.823. The maximum atomic E-state index is 10.6. The fraction of sp³-hybridized carbons (Fsp3) is 0.917. The molecule has 17 heavy (non-hydrogen) atoms. The summed E-state index contributed by atoms with van der Waals surface area (Å²) in [5, 5.41) is 8.67. The first-order valence-corrected chi connectivity index (χ1v) is 6.31. The zero-order valence-corrected chi connectivity index (χ0v) is 10.3. The highest BCUT2D eigenvalue weighted by Crippen LogP contribution is 2.25. The number of piperidine rings is 1. The molecule has 0 saturated carbocycles. The Balaban J connectivity index is 1.71. The van der Waals surface area contributed by atoms with Crippen LogP contribution >= 0.6 is 0 Å². The van der Waals surface area contributed by atoms with Crippen LogP contribution in [-0.2, 0) is 14.3 Å². The second-order valence-electron chi connectivity index (χ2n) is 5.13. The van der Waals surface area contributed by atoms with E-state index in [1.54, 1.807) is 0 Å². The first-order valence-electron chi connectivity index (χ1n) is 6.31. The summed E-state index contributed by atoms with van der Waals surface area (Å²) in [5.74, 6) is -0.209. The van der Waals surface area contributed by atoms with Crippen molar-refractivity contribution in [1.29, 1.82) is 0 Å². The summed E-state index contributed by atoms with van der Waals surface area (Å²) < 4.78 is 11.1. The first kappa shape index (κ1) is 12.8. The Morgan fingerprint density at radius 1 is 1.53 bits per heavy atom. The van der Waals surface area contributed by atoms with Gasteiger partial charge in [0.2, 0.25) is 0 Å². The monoisotopic (exact) mass is 243 g/mol. The largest absolute Gasteiger partial charge is 0.481 e. The summed E-state index contributed by atoms with van der Waals surface area (Å²) in [6.45, 7) is 2.68. The summed E-state index contributed by atoms with van der Waals surface area (Å²) in [7, 11) is 2.13. The van der Waals surface area contributed by atoms with Crippen LogP contribution in [0.3, 0.4) is 0 Å².